The number of terminal acetylenes is 1. The molecular weight excluding hydrogens is 398 g/mol. The summed E-state index contributed by atoms with van der Waals surface area (Å²) < 4.78 is 4.97. The number of ether oxygens (including phenoxy) is 1. The summed E-state index contributed by atoms with van der Waals surface area (Å²) in [7, 11) is 1.32. The maximum Gasteiger partial charge on any atom is 0.328 e. The lowest BCUT2D eigenvalue weighted by Crippen LogP contribution is -2.52. The minimum atomic E-state index is -1.15. The molecule has 0 aliphatic heterocycles. The molecule has 1 atom stereocenters. The Morgan fingerprint density at radius 3 is 1.69 bits per heavy atom. The first-order chi connectivity index (χ1) is 15.6. The van der Waals surface area contributed by atoms with Gasteiger partial charge in [-0.15, -0.1) is 12.3 Å². The Labute approximate surface area is 189 Å². The van der Waals surface area contributed by atoms with Crippen molar-refractivity contribution in [2.45, 2.75) is 30.7 Å². The first kappa shape index (κ1) is 22.8. The highest BCUT2D eigenvalue weighted by atomic mass is 16.5. The Morgan fingerprint density at radius 1 is 0.875 bits per heavy atom. The molecule has 0 aliphatic carbocycles. The molecule has 1 amide bonds. The van der Waals surface area contributed by atoms with Crippen molar-refractivity contribution in [1.82, 2.24) is 5.32 Å². The largest absolute Gasteiger partial charge is 0.467 e. The Balaban J connectivity index is 2.16. The van der Waals surface area contributed by atoms with Crippen LogP contribution < -0.4 is 5.32 Å². The number of esters is 1. The van der Waals surface area contributed by atoms with Crippen LogP contribution in [0.2, 0.25) is 0 Å². The number of carbonyl (C=O) groups excluding carboxylic acids is 2. The molecular formula is C28H27NO3. The Kier molecular flexibility index (Phi) is 7.83. The average Bonchev–Trinajstić information content (AvgIpc) is 2.85. The summed E-state index contributed by atoms with van der Waals surface area (Å²) in [6.07, 6.45) is 6.89. The molecule has 0 heterocycles. The van der Waals surface area contributed by atoms with Crippen LogP contribution in [0.1, 0.15) is 36.0 Å². The van der Waals surface area contributed by atoms with E-state index in [1.54, 1.807) is 0 Å². The van der Waals surface area contributed by atoms with Gasteiger partial charge in [-0.3, -0.25) is 4.79 Å². The Morgan fingerprint density at radius 2 is 1.31 bits per heavy atom. The van der Waals surface area contributed by atoms with E-state index in [-0.39, 0.29) is 5.91 Å². The normalized spacial score (nSPS) is 11.8. The summed E-state index contributed by atoms with van der Waals surface area (Å²) in [5, 5.41) is 2.98. The fourth-order valence-electron chi connectivity index (χ4n) is 4.02. The summed E-state index contributed by atoms with van der Waals surface area (Å²) in [6.45, 7) is 0. The first-order valence-electron chi connectivity index (χ1n) is 10.6. The molecule has 4 heteroatoms. The number of rotatable bonds is 9. The van der Waals surface area contributed by atoms with Crippen LogP contribution in [0.3, 0.4) is 0 Å². The van der Waals surface area contributed by atoms with Gasteiger partial charge in [-0.25, -0.2) is 4.79 Å². The quantitative estimate of drug-likeness (QED) is 0.238. The van der Waals surface area contributed by atoms with Gasteiger partial charge in [0.2, 0.25) is 5.91 Å². The minimum Gasteiger partial charge on any atom is -0.467 e. The molecule has 0 aromatic heterocycles. The Hall–Kier alpha value is -3.84. The molecule has 0 aliphatic rings. The zero-order valence-corrected chi connectivity index (χ0v) is 18.2. The van der Waals surface area contributed by atoms with Crippen molar-refractivity contribution in [3.63, 3.8) is 0 Å². The molecule has 0 spiro atoms. The number of hydrogen-bond donors (Lipinski definition) is 1. The van der Waals surface area contributed by atoms with Crippen molar-refractivity contribution in [3.05, 3.63) is 108 Å². The second-order valence-corrected chi connectivity index (χ2v) is 7.49. The van der Waals surface area contributed by atoms with Gasteiger partial charge in [-0.1, -0.05) is 91.0 Å². The highest BCUT2D eigenvalue weighted by Crippen LogP contribution is 2.39. The molecule has 162 valence electrons. The molecule has 3 aromatic carbocycles. The topological polar surface area (TPSA) is 55.4 Å². The van der Waals surface area contributed by atoms with E-state index < -0.39 is 17.4 Å². The van der Waals surface area contributed by atoms with Crippen LogP contribution in [-0.4, -0.2) is 25.0 Å². The van der Waals surface area contributed by atoms with E-state index in [2.05, 4.69) is 11.2 Å². The standard InChI is InChI=1S/C28H27NO3/c1-3-4-8-21-25(26(30)32-2)29-27(31)28(22-15-9-5-10-16-22,23-17-11-6-12-18-23)24-19-13-7-14-20-24/h1,5-7,9-20,25H,4,8,21H2,2H3,(H,29,31)/t25-/m1/s1. The van der Waals surface area contributed by atoms with Crippen molar-refractivity contribution in [2.75, 3.05) is 7.11 Å². The number of unbranched alkanes of at least 4 members (excludes halogenated alkanes) is 1. The average molecular weight is 426 g/mol. The predicted molar refractivity (Wildman–Crippen MR) is 126 cm³/mol. The van der Waals surface area contributed by atoms with Gasteiger partial charge in [0.05, 0.1) is 7.11 Å². The van der Waals surface area contributed by atoms with Gasteiger partial charge in [0.1, 0.15) is 11.5 Å². The zero-order valence-electron chi connectivity index (χ0n) is 18.2. The molecule has 0 radical (unpaired) electrons. The van der Waals surface area contributed by atoms with Gasteiger partial charge in [-0.2, -0.15) is 0 Å². The fourth-order valence-corrected chi connectivity index (χ4v) is 4.02. The maximum atomic E-state index is 14.2. The van der Waals surface area contributed by atoms with E-state index >= 15 is 0 Å². The molecule has 3 aromatic rings. The number of benzene rings is 3. The van der Waals surface area contributed by atoms with Crippen LogP contribution in [-0.2, 0) is 19.7 Å². The summed E-state index contributed by atoms with van der Waals surface area (Å²) >= 11 is 0. The number of nitrogens with one attached hydrogen (secondary N) is 1. The van der Waals surface area contributed by atoms with Crippen molar-refractivity contribution in [2.24, 2.45) is 0 Å². The molecule has 3 rings (SSSR count). The van der Waals surface area contributed by atoms with Crippen LogP contribution >= 0.6 is 0 Å². The lowest BCUT2D eigenvalue weighted by atomic mass is 9.68. The van der Waals surface area contributed by atoms with Crippen LogP contribution in [0, 0.1) is 12.3 Å². The molecule has 32 heavy (non-hydrogen) atoms. The summed E-state index contributed by atoms with van der Waals surface area (Å²) in [4.78, 5) is 26.7. The molecule has 0 saturated heterocycles. The molecule has 1 N–H and O–H groups in total. The fraction of sp³-hybridized carbons (Fsp3) is 0.214. The van der Waals surface area contributed by atoms with Gasteiger partial charge in [0.15, 0.2) is 0 Å². The van der Waals surface area contributed by atoms with Crippen LogP contribution in [0.25, 0.3) is 0 Å². The molecule has 4 nitrogen and oxygen atoms in total. The van der Waals surface area contributed by atoms with E-state index in [0.29, 0.717) is 19.3 Å². The second kappa shape index (κ2) is 11.0. The van der Waals surface area contributed by atoms with E-state index in [1.165, 1.54) is 7.11 Å². The van der Waals surface area contributed by atoms with Crippen molar-refractivity contribution >= 4 is 11.9 Å². The monoisotopic (exact) mass is 425 g/mol. The minimum absolute atomic E-state index is 0.294. The highest BCUT2D eigenvalue weighted by molar-refractivity contribution is 5.98. The van der Waals surface area contributed by atoms with Crippen LogP contribution in [0.15, 0.2) is 91.0 Å². The molecule has 0 unspecified atom stereocenters. The lowest BCUT2D eigenvalue weighted by Gasteiger charge is -2.35. The van der Waals surface area contributed by atoms with Crippen molar-refractivity contribution in [3.8, 4) is 12.3 Å². The lowest BCUT2D eigenvalue weighted by molar-refractivity contribution is -0.145. The van der Waals surface area contributed by atoms with Crippen LogP contribution in [0.4, 0.5) is 0 Å². The second-order valence-electron chi connectivity index (χ2n) is 7.49. The predicted octanol–water partition coefficient (Wildman–Crippen LogP) is 4.48. The summed E-state index contributed by atoms with van der Waals surface area (Å²) in [5.74, 6) is 1.79. The number of amides is 1. The summed E-state index contributed by atoms with van der Waals surface area (Å²) in [5.41, 5.74) is 1.27. The summed E-state index contributed by atoms with van der Waals surface area (Å²) in [6, 6.07) is 28.0. The zero-order chi connectivity index (χ0) is 22.8. The SMILES string of the molecule is C#CCCC[C@@H](NC(=O)C(c1ccccc1)(c1ccccc1)c1ccccc1)C(=O)OC. The van der Waals surface area contributed by atoms with E-state index in [1.807, 2.05) is 91.0 Å². The number of hydrogen-bond acceptors (Lipinski definition) is 3. The van der Waals surface area contributed by atoms with E-state index in [0.717, 1.165) is 16.7 Å². The van der Waals surface area contributed by atoms with Gasteiger partial charge in [-0.05, 0) is 29.5 Å². The van der Waals surface area contributed by atoms with Gasteiger partial charge >= 0.3 is 5.97 Å². The molecule has 0 bridgehead atoms. The third-order valence-corrected chi connectivity index (χ3v) is 5.57. The third kappa shape index (κ3) is 4.73. The third-order valence-electron chi connectivity index (χ3n) is 5.57. The number of methoxy groups -OCH3 is 1. The molecule has 0 fully saturated rings. The van der Waals surface area contributed by atoms with Crippen molar-refractivity contribution < 1.29 is 14.3 Å². The smallest absolute Gasteiger partial charge is 0.328 e. The van der Waals surface area contributed by atoms with Crippen molar-refractivity contribution in [1.29, 1.82) is 0 Å². The maximum absolute atomic E-state index is 14.2. The highest BCUT2D eigenvalue weighted by Gasteiger charge is 2.45. The van der Waals surface area contributed by atoms with Gasteiger partial charge in [0, 0.05) is 6.42 Å². The van der Waals surface area contributed by atoms with Gasteiger partial charge < -0.3 is 10.1 Å². The molecule has 0 saturated carbocycles. The first-order valence-corrected chi connectivity index (χ1v) is 10.6. The van der Waals surface area contributed by atoms with Crippen LogP contribution in [0.5, 0.6) is 0 Å². The Bertz CT molecular complexity index is 959. The van der Waals surface area contributed by atoms with Gasteiger partial charge in [0.25, 0.3) is 0 Å². The number of carbonyl (C=O) groups is 2. The van der Waals surface area contributed by atoms with E-state index in [9.17, 15) is 9.59 Å². The van der Waals surface area contributed by atoms with E-state index in [4.69, 9.17) is 11.2 Å².